The molecule has 0 aromatic heterocycles. The zero-order chi connectivity index (χ0) is 19.4. The van der Waals surface area contributed by atoms with Gasteiger partial charge < -0.3 is 10.8 Å². The number of thiocarbonyl (C=S) groups is 1. The molecule has 4 aliphatic carbocycles. The molecule has 27 heavy (non-hydrogen) atoms. The van der Waals surface area contributed by atoms with Gasteiger partial charge in [-0.1, -0.05) is 26.5 Å². The monoisotopic (exact) mass is 389 g/mol. The van der Waals surface area contributed by atoms with Gasteiger partial charge in [-0.25, -0.2) is 0 Å². The molecule has 0 saturated heterocycles. The van der Waals surface area contributed by atoms with E-state index >= 15 is 0 Å². The molecular formula is C22H35N3OS. The van der Waals surface area contributed by atoms with E-state index in [2.05, 4.69) is 37.4 Å². The Morgan fingerprint density at radius 2 is 1.96 bits per heavy atom. The maximum absolute atomic E-state index is 10.2. The number of aliphatic hydroxyl groups is 1. The third-order valence-electron chi connectivity index (χ3n) is 8.88. The van der Waals surface area contributed by atoms with Crippen molar-refractivity contribution in [3.8, 4) is 0 Å². The molecular weight excluding hydrogens is 354 g/mol. The predicted molar refractivity (Wildman–Crippen MR) is 113 cm³/mol. The van der Waals surface area contributed by atoms with Crippen LogP contribution in [0.4, 0.5) is 0 Å². The fourth-order valence-corrected chi connectivity index (χ4v) is 7.53. The third-order valence-corrected chi connectivity index (χ3v) is 8.98. The Balaban J connectivity index is 1.53. The van der Waals surface area contributed by atoms with Crippen molar-refractivity contribution in [2.75, 3.05) is 0 Å². The van der Waals surface area contributed by atoms with Crippen molar-refractivity contribution in [1.29, 1.82) is 0 Å². The Kier molecular flexibility index (Phi) is 4.83. The van der Waals surface area contributed by atoms with Gasteiger partial charge in [0.2, 0.25) is 0 Å². The van der Waals surface area contributed by atoms with Crippen LogP contribution >= 0.6 is 12.2 Å². The topological polar surface area (TPSA) is 70.3 Å². The number of allylic oxidation sites excluding steroid dienone is 2. The summed E-state index contributed by atoms with van der Waals surface area (Å²) in [6, 6.07) is 0. The van der Waals surface area contributed by atoms with Crippen molar-refractivity contribution in [1.82, 2.24) is 10.9 Å². The summed E-state index contributed by atoms with van der Waals surface area (Å²) in [5.74, 6) is 3.03. The maximum Gasteiger partial charge on any atom is 0.182 e. The van der Waals surface area contributed by atoms with E-state index in [0.717, 1.165) is 36.8 Å². The third kappa shape index (κ3) is 3.02. The number of fused-ring (bicyclic) bond motifs is 5. The van der Waals surface area contributed by atoms with Crippen LogP contribution in [0.1, 0.15) is 65.2 Å². The van der Waals surface area contributed by atoms with Crippen LogP contribution in [0.5, 0.6) is 0 Å². The number of rotatable bonds is 3. The van der Waals surface area contributed by atoms with Crippen LogP contribution in [-0.2, 0) is 0 Å². The molecule has 150 valence electrons. The molecule has 7 atom stereocenters. The van der Waals surface area contributed by atoms with Gasteiger partial charge >= 0.3 is 0 Å². The van der Waals surface area contributed by atoms with Crippen LogP contribution in [-0.4, -0.2) is 16.3 Å². The molecule has 0 aromatic rings. The van der Waals surface area contributed by atoms with E-state index in [0.29, 0.717) is 17.3 Å². The highest BCUT2D eigenvalue weighted by atomic mass is 32.1. The lowest BCUT2D eigenvalue weighted by Gasteiger charge is -2.60. The van der Waals surface area contributed by atoms with Gasteiger partial charge in [0.05, 0.1) is 11.8 Å². The zero-order valence-corrected chi connectivity index (χ0v) is 17.6. The second-order valence-corrected chi connectivity index (χ2v) is 10.4. The maximum atomic E-state index is 10.2. The van der Waals surface area contributed by atoms with Crippen molar-refractivity contribution in [2.24, 2.45) is 40.2 Å². The van der Waals surface area contributed by atoms with Crippen LogP contribution < -0.4 is 16.6 Å². The highest BCUT2D eigenvalue weighted by Gasteiger charge is 2.58. The van der Waals surface area contributed by atoms with Crippen LogP contribution in [0.15, 0.2) is 23.9 Å². The van der Waals surface area contributed by atoms with Gasteiger partial charge in [-0.3, -0.25) is 10.9 Å². The van der Waals surface area contributed by atoms with E-state index in [-0.39, 0.29) is 16.6 Å². The van der Waals surface area contributed by atoms with Crippen molar-refractivity contribution in [3.05, 3.63) is 23.9 Å². The van der Waals surface area contributed by atoms with E-state index in [4.69, 9.17) is 18.0 Å². The van der Waals surface area contributed by atoms with Crippen molar-refractivity contribution in [3.63, 3.8) is 0 Å². The normalized spacial score (nSPS) is 45.7. The van der Waals surface area contributed by atoms with Gasteiger partial charge in [0.1, 0.15) is 0 Å². The molecule has 0 unspecified atom stereocenters. The summed E-state index contributed by atoms with van der Waals surface area (Å²) in [5, 5.41) is 10.4. The predicted octanol–water partition coefficient (Wildman–Crippen LogP) is 3.78. The van der Waals surface area contributed by atoms with Crippen LogP contribution in [0.3, 0.4) is 0 Å². The Hall–Kier alpha value is -1.07. The minimum Gasteiger partial charge on any atom is -0.393 e. The molecule has 0 radical (unpaired) electrons. The fourth-order valence-electron chi connectivity index (χ4n) is 7.48. The largest absolute Gasteiger partial charge is 0.393 e. The number of hydrogen-bond acceptors (Lipinski definition) is 3. The summed E-state index contributed by atoms with van der Waals surface area (Å²) < 4.78 is 0. The van der Waals surface area contributed by atoms with Gasteiger partial charge in [0.25, 0.3) is 0 Å². The molecule has 0 spiro atoms. The molecule has 5 heteroatoms. The van der Waals surface area contributed by atoms with E-state index in [1.54, 1.807) is 0 Å². The summed E-state index contributed by atoms with van der Waals surface area (Å²) in [6.45, 7) is 9.24. The van der Waals surface area contributed by atoms with E-state index in [1.807, 2.05) is 0 Å². The molecule has 4 nitrogen and oxygen atoms in total. The number of hydrogen-bond donors (Lipinski definition) is 4. The summed E-state index contributed by atoms with van der Waals surface area (Å²) in [4.78, 5) is 0. The second kappa shape index (κ2) is 6.77. The van der Waals surface area contributed by atoms with Gasteiger partial charge in [0, 0.05) is 0 Å². The zero-order valence-electron chi connectivity index (χ0n) is 16.8. The highest BCUT2D eigenvalue weighted by Crippen LogP contribution is 2.66. The quantitative estimate of drug-likeness (QED) is 0.437. The molecule has 0 heterocycles. The number of aliphatic hydroxyl groups excluding tert-OH is 1. The smallest absolute Gasteiger partial charge is 0.182 e. The minimum absolute atomic E-state index is 0.0660. The lowest BCUT2D eigenvalue weighted by Crippen LogP contribution is -2.54. The number of nitrogens with one attached hydrogen (secondary N) is 2. The standard InChI is InChI=1S/C22H35N3OS/c1-13(24-25-20(23)27)17-6-7-18-16-5-4-14-12-15(26)8-10-21(14,2)19(16)9-11-22(17,18)3/h6,14-16,18-19,24,26H,1,4-5,7-12H2,2-3H3,(H3,23,25,27)/t14-,15+,16+,18+,19-,21-,22+/m0/s1. The van der Waals surface area contributed by atoms with Crippen molar-refractivity contribution < 1.29 is 5.11 Å². The van der Waals surface area contributed by atoms with Crippen molar-refractivity contribution >= 4 is 17.3 Å². The lowest BCUT2D eigenvalue weighted by molar-refractivity contribution is -0.117. The first-order valence-corrected chi connectivity index (χ1v) is 11.1. The Morgan fingerprint density at radius 3 is 2.70 bits per heavy atom. The average Bonchev–Trinajstić information content (AvgIpc) is 2.97. The Bertz CT molecular complexity index is 676. The molecule has 3 fully saturated rings. The summed E-state index contributed by atoms with van der Waals surface area (Å²) in [5.41, 5.74) is 14.4. The lowest BCUT2D eigenvalue weighted by atomic mass is 9.44. The van der Waals surface area contributed by atoms with E-state index in [1.165, 1.54) is 37.7 Å². The van der Waals surface area contributed by atoms with E-state index < -0.39 is 0 Å². The van der Waals surface area contributed by atoms with Crippen LogP contribution in [0.25, 0.3) is 0 Å². The fraction of sp³-hybridized carbons (Fsp3) is 0.773. The summed E-state index contributed by atoms with van der Waals surface area (Å²) in [6.07, 6.45) is 11.9. The van der Waals surface area contributed by atoms with Crippen molar-refractivity contribution in [2.45, 2.75) is 71.3 Å². The van der Waals surface area contributed by atoms with Gasteiger partial charge in [-0.05, 0) is 104 Å². The Morgan fingerprint density at radius 1 is 1.19 bits per heavy atom. The molecule has 3 saturated carbocycles. The molecule has 5 N–H and O–H groups in total. The number of nitrogens with two attached hydrogens (primary N) is 1. The van der Waals surface area contributed by atoms with Gasteiger partial charge in [0.15, 0.2) is 5.11 Å². The minimum atomic E-state index is -0.0660. The number of hydrazine groups is 1. The average molecular weight is 390 g/mol. The molecule has 0 amide bonds. The summed E-state index contributed by atoms with van der Waals surface area (Å²) in [7, 11) is 0. The van der Waals surface area contributed by atoms with E-state index in [9.17, 15) is 5.11 Å². The first-order valence-electron chi connectivity index (χ1n) is 10.6. The van der Waals surface area contributed by atoms with Gasteiger partial charge in [-0.15, -0.1) is 0 Å². The molecule has 0 aromatic carbocycles. The first kappa shape index (κ1) is 19.3. The first-order chi connectivity index (χ1) is 12.8. The molecule has 4 aliphatic rings. The second-order valence-electron chi connectivity index (χ2n) is 9.99. The molecule has 0 bridgehead atoms. The Labute approximate surface area is 169 Å². The van der Waals surface area contributed by atoms with Crippen LogP contribution in [0.2, 0.25) is 0 Å². The SMILES string of the molecule is C=C(NNC(N)=S)C1=CC[C@@H]2[C@H]3CC[C@H]4C[C@H](O)CC[C@]4(C)[C@H]3CC[C@]12C. The molecule has 4 rings (SSSR count). The summed E-state index contributed by atoms with van der Waals surface area (Å²) >= 11 is 4.91. The highest BCUT2D eigenvalue weighted by molar-refractivity contribution is 7.80. The van der Waals surface area contributed by atoms with Crippen LogP contribution in [0, 0.1) is 34.5 Å². The molecule has 0 aliphatic heterocycles. The van der Waals surface area contributed by atoms with Gasteiger partial charge in [-0.2, -0.15) is 0 Å².